The Morgan fingerprint density at radius 3 is 2.56 bits per heavy atom. The van der Waals surface area contributed by atoms with E-state index >= 15 is 0 Å². The summed E-state index contributed by atoms with van der Waals surface area (Å²) in [7, 11) is 3.36. The minimum absolute atomic E-state index is 0.809. The molecule has 0 fully saturated rings. The summed E-state index contributed by atoms with van der Waals surface area (Å²) in [6, 6.07) is 4.06. The van der Waals surface area contributed by atoms with Gasteiger partial charge in [-0.05, 0) is 59.9 Å². The van der Waals surface area contributed by atoms with Crippen LogP contribution < -0.4 is 14.8 Å². The van der Waals surface area contributed by atoms with Crippen LogP contribution in [0, 0.1) is 0 Å². The molecule has 0 bridgehead atoms. The number of nitrogens with one attached hydrogen (secondary N) is 1. The molecule has 0 saturated carbocycles. The summed E-state index contributed by atoms with van der Waals surface area (Å²) < 4.78 is 11.6. The fourth-order valence-corrected chi connectivity index (χ4v) is 2.61. The van der Waals surface area contributed by atoms with Crippen molar-refractivity contribution in [2.45, 2.75) is 26.2 Å². The van der Waals surface area contributed by atoms with Gasteiger partial charge in [0.15, 0.2) is 0 Å². The van der Waals surface area contributed by atoms with Gasteiger partial charge >= 0.3 is 0 Å². The first-order valence-corrected chi connectivity index (χ1v) is 7.14. The second-order valence-electron chi connectivity index (χ2n) is 4.08. The van der Waals surface area contributed by atoms with Gasteiger partial charge in [-0.2, -0.15) is 0 Å². The minimum atomic E-state index is 0.809. The SMILES string of the molecule is CCNCCCCc1ccc(OC)c(Br)c1OC. The number of hydrogen-bond donors (Lipinski definition) is 1. The molecule has 0 atom stereocenters. The second kappa shape index (κ2) is 8.38. The van der Waals surface area contributed by atoms with E-state index in [0.29, 0.717) is 0 Å². The molecule has 1 N–H and O–H groups in total. The molecular formula is C14H22BrNO2. The minimum Gasteiger partial charge on any atom is -0.495 e. The number of unbranched alkanes of at least 4 members (excludes halogenated alkanes) is 1. The Labute approximate surface area is 118 Å². The van der Waals surface area contributed by atoms with Crippen molar-refractivity contribution in [3.63, 3.8) is 0 Å². The van der Waals surface area contributed by atoms with E-state index < -0.39 is 0 Å². The van der Waals surface area contributed by atoms with Crippen molar-refractivity contribution in [1.29, 1.82) is 0 Å². The molecule has 1 aromatic rings. The normalized spacial score (nSPS) is 10.4. The number of benzene rings is 1. The maximum Gasteiger partial charge on any atom is 0.139 e. The predicted molar refractivity (Wildman–Crippen MR) is 78.7 cm³/mol. The van der Waals surface area contributed by atoms with Crippen LogP contribution in [0.15, 0.2) is 16.6 Å². The van der Waals surface area contributed by atoms with Gasteiger partial charge in [0, 0.05) is 0 Å². The molecule has 0 heterocycles. The largest absolute Gasteiger partial charge is 0.495 e. The van der Waals surface area contributed by atoms with Crippen LogP contribution in [-0.4, -0.2) is 27.3 Å². The van der Waals surface area contributed by atoms with Gasteiger partial charge < -0.3 is 14.8 Å². The van der Waals surface area contributed by atoms with E-state index in [1.54, 1.807) is 14.2 Å². The van der Waals surface area contributed by atoms with Crippen LogP contribution in [0.3, 0.4) is 0 Å². The van der Waals surface area contributed by atoms with Gasteiger partial charge in [0.1, 0.15) is 16.0 Å². The van der Waals surface area contributed by atoms with Crippen molar-refractivity contribution in [3.8, 4) is 11.5 Å². The highest BCUT2D eigenvalue weighted by atomic mass is 79.9. The summed E-state index contributed by atoms with van der Waals surface area (Å²) in [6.07, 6.45) is 3.36. The van der Waals surface area contributed by atoms with E-state index in [-0.39, 0.29) is 0 Å². The smallest absolute Gasteiger partial charge is 0.139 e. The van der Waals surface area contributed by atoms with Crippen LogP contribution in [-0.2, 0) is 6.42 Å². The van der Waals surface area contributed by atoms with Gasteiger partial charge in [-0.1, -0.05) is 13.0 Å². The monoisotopic (exact) mass is 315 g/mol. The molecule has 1 rings (SSSR count). The highest BCUT2D eigenvalue weighted by molar-refractivity contribution is 9.10. The van der Waals surface area contributed by atoms with Gasteiger partial charge in [-0.3, -0.25) is 0 Å². The molecule has 18 heavy (non-hydrogen) atoms. The van der Waals surface area contributed by atoms with Gasteiger partial charge in [0.25, 0.3) is 0 Å². The van der Waals surface area contributed by atoms with Crippen LogP contribution in [0.25, 0.3) is 0 Å². The summed E-state index contributed by atoms with van der Waals surface area (Å²) in [6.45, 7) is 4.25. The van der Waals surface area contributed by atoms with Crippen molar-refractivity contribution in [2.24, 2.45) is 0 Å². The third-order valence-electron chi connectivity index (χ3n) is 2.87. The number of methoxy groups -OCH3 is 2. The lowest BCUT2D eigenvalue weighted by molar-refractivity contribution is 0.385. The molecule has 0 radical (unpaired) electrons. The Bertz CT molecular complexity index is 369. The fourth-order valence-electron chi connectivity index (χ4n) is 1.90. The van der Waals surface area contributed by atoms with Crippen LogP contribution in [0.2, 0.25) is 0 Å². The Kier molecular flexibility index (Phi) is 7.13. The molecule has 3 nitrogen and oxygen atoms in total. The number of rotatable bonds is 8. The zero-order valence-corrected chi connectivity index (χ0v) is 13.0. The van der Waals surface area contributed by atoms with E-state index in [0.717, 1.165) is 41.9 Å². The molecule has 0 aliphatic heterocycles. The molecule has 4 heteroatoms. The molecule has 102 valence electrons. The predicted octanol–water partition coefficient (Wildman–Crippen LogP) is 3.40. The van der Waals surface area contributed by atoms with E-state index in [1.807, 2.05) is 6.07 Å². The van der Waals surface area contributed by atoms with Crippen LogP contribution >= 0.6 is 15.9 Å². The number of hydrogen-bond acceptors (Lipinski definition) is 3. The lowest BCUT2D eigenvalue weighted by atomic mass is 10.1. The summed E-state index contributed by atoms with van der Waals surface area (Å²) in [5.41, 5.74) is 1.22. The van der Waals surface area contributed by atoms with Crippen LogP contribution in [0.1, 0.15) is 25.3 Å². The highest BCUT2D eigenvalue weighted by Crippen LogP contribution is 2.37. The van der Waals surface area contributed by atoms with Crippen molar-refractivity contribution < 1.29 is 9.47 Å². The van der Waals surface area contributed by atoms with Gasteiger partial charge in [-0.15, -0.1) is 0 Å². The first kappa shape index (κ1) is 15.3. The van der Waals surface area contributed by atoms with Gasteiger partial charge in [-0.25, -0.2) is 0 Å². The Hall–Kier alpha value is -0.740. The zero-order valence-electron chi connectivity index (χ0n) is 11.4. The van der Waals surface area contributed by atoms with Crippen molar-refractivity contribution in [1.82, 2.24) is 5.32 Å². The van der Waals surface area contributed by atoms with Gasteiger partial charge in [0.05, 0.1) is 14.2 Å². The first-order valence-electron chi connectivity index (χ1n) is 6.34. The Morgan fingerprint density at radius 1 is 1.17 bits per heavy atom. The molecular weight excluding hydrogens is 294 g/mol. The molecule has 0 saturated heterocycles. The quantitative estimate of drug-likeness (QED) is 0.746. The zero-order chi connectivity index (χ0) is 13.4. The van der Waals surface area contributed by atoms with Crippen molar-refractivity contribution in [3.05, 3.63) is 22.2 Å². The molecule has 0 aliphatic carbocycles. The Balaban J connectivity index is 2.62. The number of halogens is 1. The lowest BCUT2D eigenvalue weighted by Gasteiger charge is -2.13. The molecule has 0 spiro atoms. The average Bonchev–Trinajstić information content (AvgIpc) is 2.39. The van der Waals surface area contributed by atoms with Crippen molar-refractivity contribution >= 4 is 15.9 Å². The number of ether oxygens (including phenoxy) is 2. The number of aryl methyl sites for hydroxylation is 1. The molecule has 0 aromatic heterocycles. The average molecular weight is 316 g/mol. The maximum atomic E-state index is 5.45. The molecule has 0 unspecified atom stereocenters. The molecule has 0 amide bonds. The van der Waals surface area contributed by atoms with Crippen LogP contribution in [0.5, 0.6) is 11.5 Å². The summed E-state index contributed by atoms with van der Waals surface area (Å²) in [5.74, 6) is 1.70. The van der Waals surface area contributed by atoms with Gasteiger partial charge in [0.2, 0.25) is 0 Å². The lowest BCUT2D eigenvalue weighted by Crippen LogP contribution is -2.14. The molecule has 1 aromatic carbocycles. The van der Waals surface area contributed by atoms with E-state index in [1.165, 1.54) is 12.0 Å². The highest BCUT2D eigenvalue weighted by Gasteiger charge is 2.11. The summed E-state index contributed by atoms with van der Waals surface area (Å²) >= 11 is 3.52. The van der Waals surface area contributed by atoms with E-state index in [4.69, 9.17) is 9.47 Å². The first-order chi connectivity index (χ1) is 8.74. The third-order valence-corrected chi connectivity index (χ3v) is 3.62. The van der Waals surface area contributed by atoms with E-state index in [9.17, 15) is 0 Å². The topological polar surface area (TPSA) is 30.5 Å². The molecule has 0 aliphatic rings. The summed E-state index contributed by atoms with van der Waals surface area (Å²) in [5, 5.41) is 3.33. The maximum absolute atomic E-state index is 5.45. The third kappa shape index (κ3) is 4.18. The van der Waals surface area contributed by atoms with Crippen molar-refractivity contribution in [2.75, 3.05) is 27.3 Å². The summed E-state index contributed by atoms with van der Waals surface area (Å²) in [4.78, 5) is 0. The Morgan fingerprint density at radius 2 is 1.94 bits per heavy atom. The second-order valence-corrected chi connectivity index (χ2v) is 4.88. The standard InChI is InChI=1S/C14H22BrNO2/c1-4-16-10-6-5-7-11-8-9-12(17-2)13(15)14(11)18-3/h8-9,16H,4-7,10H2,1-3H3. The van der Waals surface area contributed by atoms with E-state index in [2.05, 4.69) is 34.2 Å². The fraction of sp³-hybridized carbons (Fsp3) is 0.571. The van der Waals surface area contributed by atoms with Crippen LogP contribution in [0.4, 0.5) is 0 Å².